The number of nitrogens with one attached hydrogen (secondary N) is 3. The number of rotatable bonds is 5. The normalized spacial score (nSPS) is 30.0. The molecule has 5 unspecified atom stereocenters. The molecule has 1 aromatic heterocycles. The highest BCUT2D eigenvalue weighted by Crippen LogP contribution is 2.30. The molecule has 168 valence electrons. The fourth-order valence-electron chi connectivity index (χ4n) is 5.32. The third kappa shape index (κ3) is 4.67. The van der Waals surface area contributed by atoms with E-state index in [0.717, 1.165) is 50.9 Å². The molecule has 0 radical (unpaired) electrons. The summed E-state index contributed by atoms with van der Waals surface area (Å²) in [6.07, 6.45) is 8.02. The summed E-state index contributed by atoms with van der Waals surface area (Å²) in [5.74, 6) is 0.767. The summed E-state index contributed by atoms with van der Waals surface area (Å²) in [5, 5.41) is 9.62. The van der Waals surface area contributed by atoms with Crippen molar-refractivity contribution in [1.29, 1.82) is 0 Å². The zero-order valence-corrected chi connectivity index (χ0v) is 18.9. The van der Waals surface area contributed by atoms with Crippen LogP contribution in [0.1, 0.15) is 55.6 Å². The number of carbonyl (C=O) groups excluding carboxylic acids is 2. The van der Waals surface area contributed by atoms with Crippen molar-refractivity contribution < 1.29 is 9.59 Å². The van der Waals surface area contributed by atoms with E-state index < -0.39 is 0 Å². The molecule has 0 saturated carbocycles. The zero-order chi connectivity index (χ0) is 22.0. The Morgan fingerprint density at radius 1 is 1.32 bits per heavy atom. The highest BCUT2D eigenvalue weighted by Gasteiger charge is 2.40. The molecule has 7 nitrogen and oxygen atoms in total. The van der Waals surface area contributed by atoms with Crippen molar-refractivity contribution in [2.24, 2.45) is 11.8 Å². The van der Waals surface area contributed by atoms with E-state index in [2.05, 4.69) is 45.8 Å². The summed E-state index contributed by atoms with van der Waals surface area (Å²) in [4.78, 5) is 30.8. The van der Waals surface area contributed by atoms with Crippen LogP contribution in [0.5, 0.6) is 0 Å². The molecule has 4 heterocycles. The fourth-order valence-corrected chi connectivity index (χ4v) is 5.32. The van der Waals surface area contributed by atoms with E-state index in [-0.39, 0.29) is 23.8 Å². The van der Waals surface area contributed by atoms with E-state index in [9.17, 15) is 9.59 Å². The molecular weight excluding hydrogens is 390 g/mol. The molecule has 1 aromatic rings. The lowest BCUT2D eigenvalue weighted by molar-refractivity contribution is -0.129. The predicted molar refractivity (Wildman–Crippen MR) is 121 cm³/mol. The van der Waals surface area contributed by atoms with E-state index in [1.54, 1.807) is 19.3 Å². The second kappa shape index (κ2) is 9.49. The van der Waals surface area contributed by atoms with Gasteiger partial charge in [-0.3, -0.25) is 19.5 Å². The van der Waals surface area contributed by atoms with Gasteiger partial charge in [0.05, 0.1) is 0 Å². The molecule has 31 heavy (non-hydrogen) atoms. The van der Waals surface area contributed by atoms with Crippen LogP contribution in [-0.2, 0) is 4.79 Å². The van der Waals surface area contributed by atoms with Gasteiger partial charge in [-0.15, -0.1) is 0 Å². The van der Waals surface area contributed by atoms with Gasteiger partial charge in [0.2, 0.25) is 5.91 Å². The van der Waals surface area contributed by atoms with Crippen LogP contribution in [0.2, 0.25) is 0 Å². The maximum absolute atomic E-state index is 12.3. The monoisotopic (exact) mass is 425 g/mol. The van der Waals surface area contributed by atoms with Gasteiger partial charge in [0.25, 0.3) is 5.91 Å². The Morgan fingerprint density at radius 3 is 2.81 bits per heavy atom. The van der Waals surface area contributed by atoms with Gasteiger partial charge in [-0.2, -0.15) is 0 Å². The molecule has 2 fully saturated rings. The van der Waals surface area contributed by atoms with Gasteiger partial charge in [-0.1, -0.05) is 19.1 Å². The van der Waals surface area contributed by atoms with Crippen LogP contribution in [0.4, 0.5) is 0 Å². The van der Waals surface area contributed by atoms with Crippen molar-refractivity contribution in [3.8, 4) is 0 Å². The summed E-state index contributed by atoms with van der Waals surface area (Å²) in [6.45, 7) is 7.38. The predicted octanol–water partition coefficient (Wildman–Crippen LogP) is 1.81. The van der Waals surface area contributed by atoms with Crippen LogP contribution in [0.15, 0.2) is 24.4 Å². The number of nitrogens with zero attached hydrogens (tertiary/aromatic N) is 2. The Bertz CT molecular complexity index is 837. The molecule has 4 rings (SSSR count). The average molecular weight is 426 g/mol. The Labute approximate surface area is 185 Å². The number of fused-ring (bicyclic) bond motifs is 1. The Kier molecular flexibility index (Phi) is 6.72. The topological polar surface area (TPSA) is 86.4 Å². The highest BCUT2D eigenvalue weighted by molar-refractivity contribution is 5.92. The van der Waals surface area contributed by atoms with E-state index in [1.165, 1.54) is 5.57 Å². The van der Waals surface area contributed by atoms with Crippen molar-refractivity contribution in [3.05, 3.63) is 35.7 Å². The van der Waals surface area contributed by atoms with Gasteiger partial charge in [0, 0.05) is 50.4 Å². The smallest absolute Gasteiger partial charge is 0.269 e. The van der Waals surface area contributed by atoms with Gasteiger partial charge in [-0.25, -0.2) is 0 Å². The Morgan fingerprint density at radius 2 is 2.16 bits per heavy atom. The second-order valence-corrected chi connectivity index (χ2v) is 9.19. The quantitative estimate of drug-likeness (QED) is 0.670. The largest absolute Gasteiger partial charge is 0.354 e. The minimum absolute atomic E-state index is 0.160. The molecule has 0 spiro atoms. The van der Waals surface area contributed by atoms with Gasteiger partial charge in [-0.05, 0) is 62.3 Å². The first kappa shape index (κ1) is 22.0. The molecule has 0 aliphatic carbocycles. The molecule has 0 bridgehead atoms. The first-order chi connectivity index (χ1) is 15.0. The van der Waals surface area contributed by atoms with E-state index in [1.807, 2.05) is 6.07 Å². The van der Waals surface area contributed by atoms with Crippen molar-refractivity contribution in [2.75, 3.05) is 26.7 Å². The summed E-state index contributed by atoms with van der Waals surface area (Å²) in [7, 11) is 1.61. The summed E-state index contributed by atoms with van der Waals surface area (Å²) < 4.78 is 0. The zero-order valence-electron chi connectivity index (χ0n) is 18.9. The number of hydrogen-bond acceptors (Lipinski definition) is 5. The lowest BCUT2D eigenvalue weighted by atomic mass is 9.78. The van der Waals surface area contributed by atoms with Gasteiger partial charge in [0.1, 0.15) is 5.69 Å². The molecule has 3 aliphatic rings. The molecule has 2 amide bonds. The van der Waals surface area contributed by atoms with Crippen molar-refractivity contribution in [1.82, 2.24) is 25.8 Å². The minimum Gasteiger partial charge on any atom is -0.354 e. The Balaban J connectivity index is 1.34. The van der Waals surface area contributed by atoms with Gasteiger partial charge < -0.3 is 16.0 Å². The molecular formula is C24H35N5O2. The minimum atomic E-state index is -0.160. The van der Waals surface area contributed by atoms with Crippen LogP contribution in [0.3, 0.4) is 0 Å². The number of carbonyl (C=O) groups is 2. The summed E-state index contributed by atoms with van der Waals surface area (Å²) in [6, 6.07) is 4.92. The second-order valence-electron chi connectivity index (χ2n) is 9.19. The molecule has 0 aromatic carbocycles. The molecule has 3 N–H and O–H groups in total. The van der Waals surface area contributed by atoms with Crippen molar-refractivity contribution >= 4 is 17.4 Å². The molecule has 5 atom stereocenters. The molecule has 7 heteroatoms. The number of hydrogen-bond donors (Lipinski definition) is 3. The van der Waals surface area contributed by atoms with Crippen LogP contribution in [0, 0.1) is 11.8 Å². The maximum atomic E-state index is 12.3. The van der Waals surface area contributed by atoms with Crippen LogP contribution >= 0.6 is 0 Å². The highest BCUT2D eigenvalue weighted by atomic mass is 16.2. The van der Waals surface area contributed by atoms with Crippen molar-refractivity contribution in [2.45, 2.75) is 57.7 Å². The third-order valence-electron chi connectivity index (χ3n) is 7.51. The number of pyridine rings is 1. The fraction of sp³-hybridized carbons (Fsp3) is 0.625. The lowest BCUT2D eigenvalue weighted by Crippen LogP contribution is -2.63. The van der Waals surface area contributed by atoms with E-state index in [0.29, 0.717) is 23.7 Å². The van der Waals surface area contributed by atoms with Crippen LogP contribution in [-0.4, -0.2) is 66.5 Å². The molecule has 2 saturated heterocycles. The van der Waals surface area contributed by atoms with Crippen LogP contribution in [0.25, 0.3) is 5.57 Å². The Hall–Kier alpha value is -2.25. The number of aromatic nitrogens is 1. The maximum Gasteiger partial charge on any atom is 0.269 e. The van der Waals surface area contributed by atoms with Crippen molar-refractivity contribution in [3.63, 3.8) is 0 Å². The third-order valence-corrected chi connectivity index (χ3v) is 7.51. The lowest BCUT2D eigenvalue weighted by Gasteiger charge is -2.46. The summed E-state index contributed by atoms with van der Waals surface area (Å²) in [5.41, 5.74) is 2.84. The van der Waals surface area contributed by atoms with E-state index in [4.69, 9.17) is 0 Å². The first-order valence-electron chi connectivity index (χ1n) is 11.7. The molecule has 3 aliphatic heterocycles. The summed E-state index contributed by atoms with van der Waals surface area (Å²) >= 11 is 0. The first-order valence-corrected chi connectivity index (χ1v) is 11.7. The van der Waals surface area contributed by atoms with Gasteiger partial charge in [0.15, 0.2) is 0 Å². The SMILES string of the molecule is CCC1CC2NCC(C(C)N3CC=C(c4ccc(C(=O)NC)nc4)CC3)CC2NC1=O. The standard InChI is InChI=1S/C24H35N5O2/c1-4-16-11-21-22(28-23(16)30)12-19(14-27-21)15(2)29-9-7-17(8-10-29)18-5-6-20(26-13-18)24(31)25-3/h5-7,13,15-16,19,21-22,27H,4,8-12,14H2,1-3H3,(H,25,31)(H,28,30). The van der Waals surface area contributed by atoms with Gasteiger partial charge >= 0.3 is 0 Å². The number of amides is 2. The number of piperidine rings is 2. The van der Waals surface area contributed by atoms with E-state index >= 15 is 0 Å². The average Bonchev–Trinajstić information content (AvgIpc) is 2.82. The van der Waals surface area contributed by atoms with Crippen LogP contribution < -0.4 is 16.0 Å².